The summed E-state index contributed by atoms with van der Waals surface area (Å²) < 4.78 is 6.58. The number of amides is 2. The van der Waals surface area contributed by atoms with E-state index in [4.69, 9.17) is 4.74 Å². The summed E-state index contributed by atoms with van der Waals surface area (Å²) in [5, 5.41) is 0. The lowest BCUT2D eigenvalue weighted by atomic mass is 9.90. The van der Waals surface area contributed by atoms with Gasteiger partial charge >= 0.3 is 0 Å². The highest BCUT2D eigenvalue weighted by atomic mass is 16.5. The molecule has 1 fully saturated rings. The number of hydrogen-bond acceptors (Lipinski definition) is 4. The van der Waals surface area contributed by atoms with Gasteiger partial charge in [0.2, 0.25) is 0 Å². The van der Waals surface area contributed by atoms with Crippen molar-refractivity contribution >= 4 is 11.8 Å². The first kappa shape index (κ1) is 24.2. The molecule has 4 rings (SSSR count). The van der Waals surface area contributed by atoms with Crippen LogP contribution in [-0.4, -0.2) is 58.9 Å². The highest BCUT2D eigenvalue weighted by molar-refractivity contribution is 5.97. The van der Waals surface area contributed by atoms with E-state index in [9.17, 15) is 9.59 Å². The van der Waals surface area contributed by atoms with Crippen LogP contribution in [0.1, 0.15) is 84.2 Å². The standard InChI is InChI=1S/C28H37N3O3/c1-21-22(14-12-18-29-21)28(33)31-20-11-5-3-4-10-19-30(2)27(32)23-13-6-8-16-25(23)34-26-17-9-7-15-24(26)31/h6,8,12-14,16,18,24,26H,3-5,7,9-11,15,17,19-20H2,1-2H3/t24-,26+/m1/s1. The first-order chi connectivity index (χ1) is 16.6. The lowest BCUT2D eigenvalue weighted by molar-refractivity contribution is 0.0269. The van der Waals surface area contributed by atoms with Crippen molar-refractivity contribution in [3.63, 3.8) is 0 Å². The van der Waals surface area contributed by atoms with Gasteiger partial charge in [-0.3, -0.25) is 14.6 Å². The second-order valence-corrected chi connectivity index (χ2v) is 9.63. The number of nitrogens with zero attached hydrogens (tertiary/aromatic N) is 3. The number of pyridine rings is 1. The van der Waals surface area contributed by atoms with Crippen molar-refractivity contribution < 1.29 is 14.3 Å². The number of aromatic nitrogens is 1. The molecule has 2 aromatic rings. The molecule has 2 heterocycles. The van der Waals surface area contributed by atoms with Crippen LogP contribution in [0.3, 0.4) is 0 Å². The van der Waals surface area contributed by atoms with Gasteiger partial charge in [0.15, 0.2) is 0 Å². The minimum absolute atomic E-state index is 0.00301. The van der Waals surface area contributed by atoms with Crippen LogP contribution in [0.4, 0.5) is 0 Å². The summed E-state index contributed by atoms with van der Waals surface area (Å²) in [4.78, 5) is 35.2. The zero-order valence-electron chi connectivity index (χ0n) is 20.5. The summed E-state index contributed by atoms with van der Waals surface area (Å²) in [7, 11) is 1.87. The van der Waals surface area contributed by atoms with Gasteiger partial charge in [-0.2, -0.15) is 0 Å². The zero-order chi connectivity index (χ0) is 23.9. The zero-order valence-corrected chi connectivity index (χ0v) is 20.5. The second-order valence-electron chi connectivity index (χ2n) is 9.63. The molecule has 0 radical (unpaired) electrons. The summed E-state index contributed by atoms with van der Waals surface area (Å²) in [6.45, 7) is 3.36. The van der Waals surface area contributed by atoms with Gasteiger partial charge in [0.1, 0.15) is 11.9 Å². The molecule has 0 spiro atoms. The monoisotopic (exact) mass is 463 g/mol. The number of carbonyl (C=O) groups excluding carboxylic acids is 2. The number of rotatable bonds is 1. The Kier molecular flexibility index (Phi) is 8.20. The van der Waals surface area contributed by atoms with Gasteiger partial charge in [0.05, 0.1) is 17.2 Å². The highest BCUT2D eigenvalue weighted by Crippen LogP contribution is 2.31. The minimum atomic E-state index is -0.140. The van der Waals surface area contributed by atoms with E-state index in [0.29, 0.717) is 16.9 Å². The molecule has 1 aliphatic carbocycles. The van der Waals surface area contributed by atoms with Gasteiger partial charge in [-0.25, -0.2) is 0 Å². The maximum atomic E-state index is 13.8. The summed E-state index contributed by atoms with van der Waals surface area (Å²) >= 11 is 0. The van der Waals surface area contributed by atoms with Crippen molar-refractivity contribution in [1.82, 2.24) is 14.8 Å². The van der Waals surface area contributed by atoms with Gasteiger partial charge in [-0.15, -0.1) is 0 Å². The third-order valence-electron chi connectivity index (χ3n) is 7.20. The third kappa shape index (κ3) is 5.60. The Hall–Kier alpha value is -2.89. The maximum absolute atomic E-state index is 13.8. The van der Waals surface area contributed by atoms with E-state index in [2.05, 4.69) is 4.98 Å². The number of hydrogen-bond donors (Lipinski definition) is 0. The average molecular weight is 464 g/mol. The molecule has 1 aromatic heterocycles. The predicted octanol–water partition coefficient (Wildman–Crippen LogP) is 5.26. The van der Waals surface area contributed by atoms with Crippen LogP contribution >= 0.6 is 0 Å². The van der Waals surface area contributed by atoms with Crippen molar-refractivity contribution in [1.29, 1.82) is 0 Å². The van der Waals surface area contributed by atoms with Gasteiger partial charge in [0, 0.05) is 32.0 Å². The van der Waals surface area contributed by atoms with E-state index >= 15 is 0 Å². The Morgan fingerprint density at radius 1 is 0.941 bits per heavy atom. The molecule has 2 atom stereocenters. The summed E-state index contributed by atoms with van der Waals surface area (Å²) in [6.07, 6.45) is 10.7. The van der Waals surface area contributed by atoms with Crippen LogP contribution < -0.4 is 4.74 Å². The number of benzene rings is 1. The van der Waals surface area contributed by atoms with Crippen molar-refractivity contribution in [3.8, 4) is 5.75 Å². The lowest BCUT2D eigenvalue weighted by Gasteiger charge is -2.40. The largest absolute Gasteiger partial charge is 0.487 e. The van der Waals surface area contributed by atoms with Gasteiger partial charge in [-0.1, -0.05) is 37.8 Å². The summed E-state index contributed by atoms with van der Waals surface area (Å²) in [6, 6.07) is 11.2. The first-order valence-corrected chi connectivity index (χ1v) is 12.8. The summed E-state index contributed by atoms with van der Waals surface area (Å²) in [5.41, 5.74) is 2.03. The van der Waals surface area contributed by atoms with Gasteiger partial charge < -0.3 is 14.5 Å². The molecule has 0 N–H and O–H groups in total. The fourth-order valence-corrected chi connectivity index (χ4v) is 5.23. The molecule has 34 heavy (non-hydrogen) atoms. The van der Waals surface area contributed by atoms with Crippen LogP contribution in [0.5, 0.6) is 5.75 Å². The maximum Gasteiger partial charge on any atom is 0.257 e. The average Bonchev–Trinajstić information content (AvgIpc) is 2.86. The Labute approximate surface area is 203 Å². The fraction of sp³-hybridized carbons (Fsp3) is 0.536. The number of ether oxygens (including phenoxy) is 1. The fourth-order valence-electron chi connectivity index (χ4n) is 5.23. The van der Waals surface area contributed by atoms with Crippen LogP contribution in [0, 0.1) is 6.92 Å². The second kappa shape index (κ2) is 11.5. The molecule has 0 unspecified atom stereocenters. The van der Waals surface area contributed by atoms with Gasteiger partial charge in [0.25, 0.3) is 11.8 Å². The van der Waals surface area contributed by atoms with Crippen LogP contribution in [0.2, 0.25) is 0 Å². The number of para-hydroxylation sites is 1. The first-order valence-electron chi connectivity index (χ1n) is 12.8. The third-order valence-corrected chi connectivity index (χ3v) is 7.20. The van der Waals surface area contributed by atoms with Crippen molar-refractivity contribution in [2.45, 2.75) is 76.9 Å². The predicted molar refractivity (Wildman–Crippen MR) is 133 cm³/mol. The SMILES string of the molecule is Cc1ncccc1C(=O)N1CCCCCCCN(C)C(=O)c2ccccc2O[C@H]2CCCC[C@H]21. The number of aryl methyl sites for hydroxylation is 1. The molecule has 6 heteroatoms. The molecule has 2 amide bonds. The molecule has 0 bridgehead atoms. The molecule has 2 aliphatic rings. The van der Waals surface area contributed by atoms with Crippen LogP contribution in [0.15, 0.2) is 42.6 Å². The number of fused-ring (bicyclic) bond motifs is 2. The Balaban J connectivity index is 1.68. The molecule has 6 nitrogen and oxygen atoms in total. The molecule has 1 aromatic carbocycles. The van der Waals surface area contributed by atoms with E-state index < -0.39 is 0 Å². The molecular weight excluding hydrogens is 426 g/mol. The van der Waals surface area contributed by atoms with Crippen LogP contribution in [0.25, 0.3) is 0 Å². The Bertz CT molecular complexity index is 992. The van der Waals surface area contributed by atoms with Crippen LogP contribution in [-0.2, 0) is 0 Å². The van der Waals surface area contributed by atoms with Crippen molar-refractivity contribution in [3.05, 3.63) is 59.4 Å². The highest BCUT2D eigenvalue weighted by Gasteiger charge is 2.36. The van der Waals surface area contributed by atoms with E-state index in [-0.39, 0.29) is 24.0 Å². The minimum Gasteiger partial charge on any atom is -0.487 e. The lowest BCUT2D eigenvalue weighted by Crippen LogP contribution is -2.51. The van der Waals surface area contributed by atoms with Gasteiger partial charge in [-0.05, 0) is 63.3 Å². The normalized spacial score (nSPS) is 22.6. The van der Waals surface area contributed by atoms with Crippen molar-refractivity contribution in [2.75, 3.05) is 20.1 Å². The van der Waals surface area contributed by atoms with E-state index in [1.807, 2.05) is 55.3 Å². The molecule has 1 aliphatic heterocycles. The van der Waals surface area contributed by atoms with E-state index in [1.165, 1.54) is 0 Å². The smallest absolute Gasteiger partial charge is 0.257 e. The Morgan fingerprint density at radius 2 is 1.68 bits per heavy atom. The van der Waals surface area contributed by atoms with Crippen molar-refractivity contribution in [2.24, 2.45) is 0 Å². The summed E-state index contributed by atoms with van der Waals surface area (Å²) in [5.74, 6) is 0.660. The molecule has 182 valence electrons. The van der Waals surface area contributed by atoms with E-state index in [1.54, 1.807) is 11.1 Å². The molecular formula is C28H37N3O3. The topological polar surface area (TPSA) is 62.7 Å². The molecule has 1 saturated carbocycles. The van der Waals surface area contributed by atoms with E-state index in [0.717, 1.165) is 76.6 Å². The number of carbonyl (C=O) groups is 2. The molecule has 0 saturated heterocycles. The Morgan fingerprint density at radius 3 is 2.50 bits per heavy atom. The quantitative estimate of drug-likeness (QED) is 0.579.